The minimum Gasteiger partial charge on any atom is -0.279 e. The van der Waals surface area contributed by atoms with Crippen LogP contribution in [0, 0.1) is 21.7 Å². The lowest BCUT2D eigenvalue weighted by molar-refractivity contribution is -0.154. The SMILES string of the molecule is CC1=C(C)C(C)(C)C2(C)C(=O)N(C(C)C)C(=O)C2(C)C1(C)C. The predicted octanol–water partition coefficient (Wildman–Crippen LogP) is 4.18. The molecule has 3 heteroatoms. The highest BCUT2D eigenvalue weighted by Gasteiger charge is 2.76. The second-order valence-corrected chi connectivity index (χ2v) is 8.82. The van der Waals surface area contributed by atoms with Crippen LogP contribution in [0.2, 0.25) is 0 Å². The molecular formula is C19H31NO2. The Kier molecular flexibility index (Phi) is 3.32. The molecule has 1 heterocycles. The molecule has 1 saturated heterocycles. The Hall–Kier alpha value is -1.12. The number of amides is 2. The summed E-state index contributed by atoms with van der Waals surface area (Å²) in [5, 5.41) is 0. The normalized spacial score (nSPS) is 37.1. The van der Waals surface area contributed by atoms with Crippen molar-refractivity contribution in [2.45, 2.75) is 75.3 Å². The van der Waals surface area contributed by atoms with Gasteiger partial charge in [-0.25, -0.2) is 0 Å². The fraction of sp³-hybridized carbons (Fsp3) is 0.789. The van der Waals surface area contributed by atoms with E-state index in [9.17, 15) is 9.59 Å². The van der Waals surface area contributed by atoms with E-state index in [1.54, 1.807) is 0 Å². The number of carbonyl (C=O) groups excluding carboxylic acids is 2. The number of likely N-dealkylation sites (tertiary alicyclic amines) is 1. The van der Waals surface area contributed by atoms with Gasteiger partial charge < -0.3 is 0 Å². The Morgan fingerprint density at radius 1 is 0.727 bits per heavy atom. The lowest BCUT2D eigenvalue weighted by Crippen LogP contribution is -2.61. The molecule has 2 unspecified atom stereocenters. The molecule has 2 amide bonds. The van der Waals surface area contributed by atoms with Gasteiger partial charge in [0.25, 0.3) is 0 Å². The van der Waals surface area contributed by atoms with Crippen LogP contribution in [0.1, 0.15) is 69.2 Å². The molecular weight excluding hydrogens is 274 g/mol. The first-order valence-corrected chi connectivity index (χ1v) is 8.27. The summed E-state index contributed by atoms with van der Waals surface area (Å²) in [5.41, 5.74) is 0.326. The number of nitrogens with zero attached hydrogens (tertiary/aromatic N) is 1. The van der Waals surface area contributed by atoms with E-state index in [0.717, 1.165) is 0 Å². The molecule has 0 radical (unpaired) electrons. The van der Waals surface area contributed by atoms with Crippen molar-refractivity contribution in [2.75, 3.05) is 0 Å². The van der Waals surface area contributed by atoms with Crippen LogP contribution in [0.3, 0.4) is 0 Å². The van der Waals surface area contributed by atoms with Gasteiger partial charge in [0.1, 0.15) is 0 Å². The number of hydrogen-bond donors (Lipinski definition) is 0. The van der Waals surface area contributed by atoms with Gasteiger partial charge in [-0.05, 0) is 41.5 Å². The molecule has 0 aromatic carbocycles. The minimum absolute atomic E-state index is 0.0140. The summed E-state index contributed by atoms with van der Waals surface area (Å²) in [6.07, 6.45) is 0. The van der Waals surface area contributed by atoms with Crippen molar-refractivity contribution in [2.24, 2.45) is 21.7 Å². The maximum Gasteiger partial charge on any atom is 0.237 e. The lowest BCUT2D eigenvalue weighted by Gasteiger charge is -2.60. The van der Waals surface area contributed by atoms with Crippen LogP contribution in [-0.2, 0) is 9.59 Å². The number of hydrogen-bond acceptors (Lipinski definition) is 2. The molecule has 2 atom stereocenters. The van der Waals surface area contributed by atoms with Crippen LogP contribution in [0.25, 0.3) is 0 Å². The number of fused-ring (bicyclic) bond motifs is 1. The van der Waals surface area contributed by atoms with Gasteiger partial charge in [-0.1, -0.05) is 38.8 Å². The van der Waals surface area contributed by atoms with Crippen LogP contribution < -0.4 is 0 Å². The summed E-state index contributed by atoms with van der Waals surface area (Å²) >= 11 is 0. The number of allylic oxidation sites excluding steroid dienone is 2. The molecule has 0 N–H and O–H groups in total. The molecule has 0 aromatic heterocycles. The highest BCUT2D eigenvalue weighted by molar-refractivity contribution is 6.11. The molecule has 0 spiro atoms. The van der Waals surface area contributed by atoms with Crippen LogP contribution in [-0.4, -0.2) is 22.8 Å². The molecule has 0 aromatic rings. The second kappa shape index (κ2) is 4.24. The average Bonchev–Trinajstić information content (AvgIpc) is 2.56. The van der Waals surface area contributed by atoms with Gasteiger partial charge in [-0.2, -0.15) is 0 Å². The van der Waals surface area contributed by atoms with Crippen molar-refractivity contribution in [3.63, 3.8) is 0 Å². The quantitative estimate of drug-likeness (QED) is 0.538. The fourth-order valence-corrected chi connectivity index (χ4v) is 4.94. The number of rotatable bonds is 1. The topological polar surface area (TPSA) is 37.4 Å². The summed E-state index contributed by atoms with van der Waals surface area (Å²) < 4.78 is 0. The van der Waals surface area contributed by atoms with E-state index < -0.39 is 10.8 Å². The standard InChI is InChI=1S/C19H31NO2/c1-11(2)20-14(21)18(9)16(5,6)12(3)13(4)17(7,8)19(18,10)15(20)22/h11H,1-10H3. The van der Waals surface area contributed by atoms with Gasteiger partial charge in [-0.3, -0.25) is 14.5 Å². The summed E-state index contributed by atoms with van der Waals surface area (Å²) in [4.78, 5) is 28.2. The van der Waals surface area contributed by atoms with Crippen molar-refractivity contribution >= 4 is 11.8 Å². The van der Waals surface area contributed by atoms with Crippen molar-refractivity contribution < 1.29 is 9.59 Å². The van der Waals surface area contributed by atoms with Gasteiger partial charge >= 0.3 is 0 Å². The maximum atomic E-state index is 13.4. The van der Waals surface area contributed by atoms with Gasteiger partial charge in [0.2, 0.25) is 11.8 Å². The van der Waals surface area contributed by atoms with Crippen molar-refractivity contribution in [1.29, 1.82) is 0 Å². The van der Waals surface area contributed by atoms with E-state index in [1.165, 1.54) is 16.0 Å². The fourth-order valence-electron chi connectivity index (χ4n) is 4.94. The summed E-state index contributed by atoms with van der Waals surface area (Å²) in [6.45, 7) is 20.6. The molecule has 124 valence electrons. The first kappa shape index (κ1) is 17.2. The van der Waals surface area contributed by atoms with Crippen LogP contribution >= 0.6 is 0 Å². The van der Waals surface area contributed by atoms with Crippen molar-refractivity contribution in [3.8, 4) is 0 Å². The Bertz CT molecular complexity index is 549. The minimum atomic E-state index is -0.728. The molecule has 1 aliphatic heterocycles. The van der Waals surface area contributed by atoms with E-state index in [4.69, 9.17) is 0 Å². The predicted molar refractivity (Wildman–Crippen MR) is 89.1 cm³/mol. The zero-order valence-corrected chi connectivity index (χ0v) is 15.8. The summed E-state index contributed by atoms with van der Waals surface area (Å²) in [7, 11) is 0. The van der Waals surface area contributed by atoms with E-state index in [-0.39, 0.29) is 28.7 Å². The molecule has 2 rings (SSSR count). The van der Waals surface area contributed by atoms with Crippen molar-refractivity contribution in [1.82, 2.24) is 4.90 Å². The third kappa shape index (κ3) is 1.39. The second-order valence-electron chi connectivity index (χ2n) is 8.82. The Morgan fingerprint density at radius 3 is 1.23 bits per heavy atom. The Morgan fingerprint density at radius 2 is 1.00 bits per heavy atom. The van der Waals surface area contributed by atoms with Crippen LogP contribution in [0.5, 0.6) is 0 Å². The monoisotopic (exact) mass is 305 g/mol. The third-order valence-corrected chi connectivity index (χ3v) is 7.75. The highest BCUT2D eigenvalue weighted by atomic mass is 16.2. The van der Waals surface area contributed by atoms with Crippen LogP contribution in [0.15, 0.2) is 11.1 Å². The summed E-state index contributed by atoms with van der Waals surface area (Å²) in [5.74, 6) is -0.0279. The summed E-state index contributed by atoms with van der Waals surface area (Å²) in [6, 6.07) is -0.105. The maximum absolute atomic E-state index is 13.4. The zero-order chi connectivity index (χ0) is 17.5. The van der Waals surface area contributed by atoms with Crippen molar-refractivity contribution in [3.05, 3.63) is 11.1 Å². The zero-order valence-electron chi connectivity index (χ0n) is 15.8. The van der Waals surface area contributed by atoms with Gasteiger partial charge in [0, 0.05) is 16.9 Å². The molecule has 0 bridgehead atoms. The molecule has 2 aliphatic rings. The molecule has 1 aliphatic carbocycles. The van der Waals surface area contributed by atoms with E-state index >= 15 is 0 Å². The number of carbonyl (C=O) groups is 2. The Balaban J connectivity index is 2.93. The van der Waals surface area contributed by atoms with Gasteiger partial charge in [0.05, 0.1) is 10.8 Å². The van der Waals surface area contributed by atoms with Gasteiger partial charge in [-0.15, -0.1) is 0 Å². The average molecular weight is 305 g/mol. The third-order valence-electron chi connectivity index (χ3n) is 7.75. The van der Waals surface area contributed by atoms with Gasteiger partial charge in [0.15, 0.2) is 0 Å². The van der Waals surface area contributed by atoms with E-state index in [1.807, 2.05) is 27.7 Å². The lowest BCUT2D eigenvalue weighted by atomic mass is 9.40. The van der Waals surface area contributed by atoms with Crippen LogP contribution in [0.4, 0.5) is 0 Å². The molecule has 3 nitrogen and oxygen atoms in total. The molecule has 0 saturated carbocycles. The number of imide groups is 1. The Labute approximate surface area is 135 Å². The van der Waals surface area contributed by atoms with E-state index in [2.05, 4.69) is 41.5 Å². The largest absolute Gasteiger partial charge is 0.279 e. The van der Waals surface area contributed by atoms with E-state index in [0.29, 0.717) is 0 Å². The molecule has 1 fully saturated rings. The molecule has 22 heavy (non-hydrogen) atoms. The highest BCUT2D eigenvalue weighted by Crippen LogP contribution is 2.71. The first-order valence-electron chi connectivity index (χ1n) is 8.27. The first-order chi connectivity index (χ1) is 9.70. The smallest absolute Gasteiger partial charge is 0.237 e.